The van der Waals surface area contributed by atoms with E-state index in [2.05, 4.69) is 15.0 Å². The number of hydrogen-bond acceptors (Lipinski definition) is 6. The lowest BCUT2D eigenvalue weighted by Gasteiger charge is -2.12. The highest BCUT2D eigenvalue weighted by Crippen LogP contribution is 2.27. The first kappa shape index (κ1) is 20.7. The van der Waals surface area contributed by atoms with Crippen LogP contribution in [0, 0.1) is 0 Å². The molecule has 2 heterocycles. The van der Waals surface area contributed by atoms with Gasteiger partial charge in [-0.15, -0.1) is 23.1 Å². The predicted octanol–water partition coefficient (Wildman–Crippen LogP) is 4.72. The van der Waals surface area contributed by atoms with E-state index in [4.69, 9.17) is 11.6 Å². The number of carbonyl (C=O) groups excluding carboxylic acids is 1. The molecule has 0 bridgehead atoms. The Morgan fingerprint density at radius 3 is 2.54 bits per heavy atom. The average Bonchev–Trinajstić information content (AvgIpc) is 3.21. The van der Waals surface area contributed by atoms with E-state index in [1.54, 1.807) is 60.8 Å². The summed E-state index contributed by atoms with van der Waals surface area (Å²) >= 11 is 8.29. The number of halogens is 1. The minimum absolute atomic E-state index is 0.192. The van der Waals surface area contributed by atoms with E-state index in [-0.39, 0.29) is 15.4 Å². The zero-order valence-corrected chi connectivity index (χ0v) is 17.8. The fraction of sp³-hybridized carbons (Fsp3) is 0.111. The van der Waals surface area contributed by atoms with Crippen molar-refractivity contribution in [1.82, 2.24) is 4.98 Å². The number of aromatic nitrogens is 1. The molecule has 0 spiro atoms. The average molecular weight is 454 g/mol. The van der Waals surface area contributed by atoms with Gasteiger partial charge in [0.25, 0.3) is 10.0 Å². The van der Waals surface area contributed by atoms with Crippen molar-refractivity contribution in [2.75, 3.05) is 10.0 Å². The van der Waals surface area contributed by atoms with Gasteiger partial charge >= 0.3 is 0 Å². The Bertz CT molecular complexity index is 1040. The zero-order valence-electron chi connectivity index (χ0n) is 14.6. The molecule has 2 N–H and O–H groups in total. The number of hydrogen-bond donors (Lipinski definition) is 2. The Kier molecular flexibility index (Phi) is 6.61. The Morgan fingerprint density at radius 2 is 1.93 bits per heavy atom. The third kappa shape index (κ3) is 5.48. The number of thioether (sulfide) groups is 1. The summed E-state index contributed by atoms with van der Waals surface area (Å²) in [5.74, 6) is 0.238. The second-order valence-corrected chi connectivity index (χ2v) is 10.4. The molecule has 146 valence electrons. The van der Waals surface area contributed by atoms with Crippen LogP contribution in [0.3, 0.4) is 0 Å². The highest BCUT2D eigenvalue weighted by Gasteiger charge is 2.17. The number of sulfonamides is 1. The summed E-state index contributed by atoms with van der Waals surface area (Å²) in [6.07, 6.45) is 1.46. The standard InChI is InChI=1S/C18H16ClN3O3S3/c1-12(18(23)21-16-9-4-13(19)11-20-16)27-15-7-5-14(6-8-15)22-28(24,25)17-3-2-10-26-17/h2-12,22H,1H3,(H,20,21,23). The number of nitrogens with one attached hydrogen (secondary N) is 2. The van der Waals surface area contributed by atoms with Gasteiger partial charge in [0.05, 0.1) is 10.3 Å². The Morgan fingerprint density at radius 1 is 1.18 bits per heavy atom. The van der Waals surface area contributed by atoms with Crippen molar-refractivity contribution in [2.24, 2.45) is 0 Å². The summed E-state index contributed by atoms with van der Waals surface area (Å²) < 4.78 is 27.3. The van der Waals surface area contributed by atoms with Crippen molar-refractivity contribution in [2.45, 2.75) is 21.3 Å². The molecule has 0 aliphatic carbocycles. The third-order valence-corrected chi connectivity index (χ3v) is 7.64. The van der Waals surface area contributed by atoms with Gasteiger partial charge in [-0.1, -0.05) is 17.7 Å². The second kappa shape index (κ2) is 8.95. The van der Waals surface area contributed by atoms with Gasteiger partial charge in [0.15, 0.2) is 0 Å². The van der Waals surface area contributed by atoms with Gasteiger partial charge in [-0.3, -0.25) is 9.52 Å². The van der Waals surface area contributed by atoms with Gasteiger partial charge in [-0.25, -0.2) is 13.4 Å². The Labute approximate surface area is 176 Å². The van der Waals surface area contributed by atoms with Crippen molar-refractivity contribution in [1.29, 1.82) is 0 Å². The molecule has 0 aliphatic heterocycles. The normalized spacial score (nSPS) is 12.4. The van der Waals surface area contributed by atoms with Crippen LogP contribution in [0.5, 0.6) is 0 Å². The van der Waals surface area contributed by atoms with Gasteiger partial charge in [0, 0.05) is 16.8 Å². The molecule has 1 amide bonds. The summed E-state index contributed by atoms with van der Waals surface area (Å²) in [5, 5.41) is 4.56. The molecule has 1 unspecified atom stereocenters. The molecule has 0 saturated carbocycles. The SMILES string of the molecule is CC(Sc1ccc(NS(=O)(=O)c2cccs2)cc1)C(=O)Nc1ccc(Cl)cn1. The minimum Gasteiger partial charge on any atom is -0.310 e. The van der Waals surface area contributed by atoms with Crippen molar-refractivity contribution < 1.29 is 13.2 Å². The molecule has 2 aromatic heterocycles. The highest BCUT2D eigenvalue weighted by molar-refractivity contribution is 8.00. The van der Waals surface area contributed by atoms with Crippen LogP contribution in [0.15, 0.2) is 69.2 Å². The molecule has 3 rings (SSSR count). The zero-order chi connectivity index (χ0) is 20.1. The van der Waals surface area contributed by atoms with Crippen LogP contribution < -0.4 is 10.0 Å². The van der Waals surface area contributed by atoms with Crippen LogP contribution in [0.4, 0.5) is 11.5 Å². The number of amides is 1. The van der Waals surface area contributed by atoms with Gasteiger partial charge in [0.1, 0.15) is 10.0 Å². The molecule has 1 atom stereocenters. The molecular weight excluding hydrogens is 438 g/mol. The van der Waals surface area contributed by atoms with E-state index in [0.717, 1.165) is 16.2 Å². The fourth-order valence-electron chi connectivity index (χ4n) is 2.16. The van der Waals surface area contributed by atoms with E-state index in [1.807, 2.05) is 0 Å². The second-order valence-electron chi connectivity index (χ2n) is 5.67. The summed E-state index contributed by atoms with van der Waals surface area (Å²) in [6, 6.07) is 13.4. The minimum atomic E-state index is -3.58. The highest BCUT2D eigenvalue weighted by atomic mass is 35.5. The lowest BCUT2D eigenvalue weighted by Crippen LogP contribution is -2.22. The van der Waals surface area contributed by atoms with Gasteiger partial charge in [-0.2, -0.15) is 0 Å². The van der Waals surface area contributed by atoms with E-state index in [0.29, 0.717) is 16.5 Å². The van der Waals surface area contributed by atoms with Crippen LogP contribution in [0.2, 0.25) is 5.02 Å². The first-order valence-electron chi connectivity index (χ1n) is 8.09. The molecule has 10 heteroatoms. The van der Waals surface area contributed by atoms with Crippen molar-refractivity contribution in [3.05, 3.63) is 65.1 Å². The van der Waals surface area contributed by atoms with Gasteiger partial charge < -0.3 is 5.32 Å². The lowest BCUT2D eigenvalue weighted by atomic mass is 10.3. The van der Waals surface area contributed by atoms with Gasteiger partial charge in [0.2, 0.25) is 5.91 Å². The monoisotopic (exact) mass is 453 g/mol. The molecule has 1 aromatic carbocycles. The molecule has 0 fully saturated rings. The van der Waals surface area contributed by atoms with E-state index < -0.39 is 10.0 Å². The first-order valence-corrected chi connectivity index (χ1v) is 11.7. The summed E-state index contributed by atoms with van der Waals surface area (Å²) in [7, 11) is -3.58. The van der Waals surface area contributed by atoms with Crippen molar-refractivity contribution in [3.8, 4) is 0 Å². The summed E-state index contributed by atoms with van der Waals surface area (Å²) in [5.41, 5.74) is 0.459. The molecule has 0 radical (unpaired) electrons. The maximum absolute atomic E-state index is 12.3. The topological polar surface area (TPSA) is 88.2 Å². The maximum atomic E-state index is 12.3. The number of anilines is 2. The molecule has 6 nitrogen and oxygen atoms in total. The Balaban J connectivity index is 1.59. The molecular formula is C18H16ClN3O3S3. The Hall–Kier alpha value is -2.07. The largest absolute Gasteiger partial charge is 0.310 e. The third-order valence-electron chi connectivity index (χ3n) is 3.53. The van der Waals surface area contributed by atoms with Gasteiger partial charge in [-0.05, 0) is 54.8 Å². The smallest absolute Gasteiger partial charge is 0.271 e. The molecule has 0 aliphatic rings. The quantitative estimate of drug-likeness (QED) is 0.505. The number of rotatable bonds is 7. The van der Waals surface area contributed by atoms with Crippen LogP contribution in [0.25, 0.3) is 0 Å². The lowest BCUT2D eigenvalue weighted by molar-refractivity contribution is -0.115. The molecule has 28 heavy (non-hydrogen) atoms. The molecule has 3 aromatic rings. The summed E-state index contributed by atoms with van der Waals surface area (Å²) in [4.78, 5) is 17.2. The number of nitrogens with zero attached hydrogens (tertiary/aromatic N) is 1. The van der Waals surface area contributed by atoms with Crippen molar-refractivity contribution >= 4 is 62.1 Å². The maximum Gasteiger partial charge on any atom is 0.271 e. The summed E-state index contributed by atoms with van der Waals surface area (Å²) in [6.45, 7) is 1.78. The van der Waals surface area contributed by atoms with Crippen LogP contribution in [-0.4, -0.2) is 24.6 Å². The number of carbonyl (C=O) groups is 1. The fourth-order valence-corrected chi connectivity index (χ4v) is 5.19. The van der Waals surface area contributed by atoms with E-state index >= 15 is 0 Å². The van der Waals surface area contributed by atoms with Crippen LogP contribution in [-0.2, 0) is 14.8 Å². The molecule has 0 saturated heterocycles. The van der Waals surface area contributed by atoms with Crippen molar-refractivity contribution in [3.63, 3.8) is 0 Å². The van der Waals surface area contributed by atoms with Crippen LogP contribution in [0.1, 0.15) is 6.92 Å². The van der Waals surface area contributed by atoms with E-state index in [1.165, 1.54) is 18.0 Å². The first-order chi connectivity index (χ1) is 13.3. The van der Waals surface area contributed by atoms with E-state index in [9.17, 15) is 13.2 Å². The van der Waals surface area contributed by atoms with Crippen LogP contribution >= 0.6 is 34.7 Å². The predicted molar refractivity (Wildman–Crippen MR) is 115 cm³/mol. The number of pyridine rings is 1. The number of thiophene rings is 1. The number of benzene rings is 1.